The molecule has 0 amide bonds. The van der Waals surface area contributed by atoms with Crippen molar-refractivity contribution in [3.05, 3.63) is 33.8 Å². The van der Waals surface area contributed by atoms with Gasteiger partial charge in [-0.15, -0.1) is 0 Å². The molecule has 19 heavy (non-hydrogen) atoms. The molecule has 1 aromatic carbocycles. The fourth-order valence-electron chi connectivity index (χ4n) is 2.06. The highest BCUT2D eigenvalue weighted by Gasteiger charge is 2.25. The average molecular weight is 302 g/mol. The molecule has 0 aliphatic heterocycles. The summed E-state index contributed by atoms with van der Waals surface area (Å²) in [6.07, 6.45) is 1.05. The molecule has 0 saturated heterocycles. The molecule has 0 aliphatic rings. The van der Waals surface area contributed by atoms with Gasteiger partial charge in [0.15, 0.2) is 0 Å². The van der Waals surface area contributed by atoms with Crippen molar-refractivity contribution < 1.29 is 0 Å². The minimum absolute atomic E-state index is 0.255. The zero-order valence-corrected chi connectivity index (χ0v) is 14.1. The summed E-state index contributed by atoms with van der Waals surface area (Å²) < 4.78 is 0. The number of hydrogen-bond acceptors (Lipinski definition) is 1. The van der Waals surface area contributed by atoms with Gasteiger partial charge in [0.25, 0.3) is 0 Å². The van der Waals surface area contributed by atoms with Gasteiger partial charge in [0.1, 0.15) is 0 Å². The first-order valence-corrected chi connectivity index (χ1v) is 7.70. The van der Waals surface area contributed by atoms with Crippen LogP contribution in [0, 0.1) is 11.3 Å². The first-order chi connectivity index (χ1) is 8.77. The molecule has 2 unspecified atom stereocenters. The average Bonchev–Trinajstić information content (AvgIpc) is 2.31. The topological polar surface area (TPSA) is 12.0 Å². The van der Waals surface area contributed by atoms with E-state index in [2.05, 4.69) is 46.0 Å². The van der Waals surface area contributed by atoms with Crippen LogP contribution in [-0.4, -0.2) is 6.54 Å². The lowest BCUT2D eigenvalue weighted by Crippen LogP contribution is -2.27. The van der Waals surface area contributed by atoms with Crippen molar-refractivity contribution in [1.82, 2.24) is 5.32 Å². The SMILES string of the molecule is CCNC(CC(C)C(C)(C)C)c1cccc(Cl)c1Cl. The van der Waals surface area contributed by atoms with Crippen LogP contribution < -0.4 is 5.32 Å². The molecule has 1 aromatic rings. The molecule has 0 saturated carbocycles. The van der Waals surface area contributed by atoms with Gasteiger partial charge in [-0.1, -0.05) is 70.0 Å². The van der Waals surface area contributed by atoms with E-state index in [1.807, 2.05) is 12.1 Å². The van der Waals surface area contributed by atoms with Crippen molar-refractivity contribution in [3.8, 4) is 0 Å². The van der Waals surface area contributed by atoms with E-state index < -0.39 is 0 Å². The van der Waals surface area contributed by atoms with Crippen LogP contribution in [0.3, 0.4) is 0 Å². The second kappa shape index (κ2) is 6.97. The Morgan fingerprint density at radius 3 is 2.37 bits per heavy atom. The molecule has 0 bridgehead atoms. The second-order valence-electron chi connectivity index (χ2n) is 6.26. The fourth-order valence-corrected chi connectivity index (χ4v) is 2.50. The van der Waals surface area contributed by atoms with Crippen LogP contribution in [0.1, 0.15) is 52.6 Å². The van der Waals surface area contributed by atoms with Gasteiger partial charge in [-0.05, 0) is 35.9 Å². The van der Waals surface area contributed by atoms with E-state index in [0.29, 0.717) is 21.4 Å². The number of rotatable bonds is 5. The van der Waals surface area contributed by atoms with E-state index in [-0.39, 0.29) is 6.04 Å². The summed E-state index contributed by atoms with van der Waals surface area (Å²) in [4.78, 5) is 0. The number of benzene rings is 1. The summed E-state index contributed by atoms with van der Waals surface area (Å²) in [6.45, 7) is 12.2. The Labute approximate surface area is 127 Å². The predicted molar refractivity (Wildman–Crippen MR) is 86.1 cm³/mol. The molecule has 2 atom stereocenters. The standard InChI is InChI=1S/C16H25Cl2N/c1-6-19-14(10-11(2)16(3,4)5)12-8-7-9-13(17)15(12)18/h7-9,11,14,19H,6,10H2,1-5H3. The van der Waals surface area contributed by atoms with Gasteiger partial charge < -0.3 is 5.32 Å². The van der Waals surface area contributed by atoms with Gasteiger partial charge in [0, 0.05) is 6.04 Å². The van der Waals surface area contributed by atoms with Crippen molar-refractivity contribution in [3.63, 3.8) is 0 Å². The van der Waals surface area contributed by atoms with Crippen molar-refractivity contribution in [2.24, 2.45) is 11.3 Å². The molecule has 1 nitrogen and oxygen atoms in total. The lowest BCUT2D eigenvalue weighted by Gasteiger charge is -2.31. The third kappa shape index (κ3) is 4.66. The largest absolute Gasteiger partial charge is 0.310 e. The van der Waals surface area contributed by atoms with Crippen LogP contribution in [0.15, 0.2) is 18.2 Å². The summed E-state index contributed by atoms with van der Waals surface area (Å²) in [5.74, 6) is 0.589. The molecular weight excluding hydrogens is 277 g/mol. The molecule has 0 heterocycles. The molecule has 3 heteroatoms. The number of nitrogens with one attached hydrogen (secondary N) is 1. The Kier molecular flexibility index (Phi) is 6.16. The van der Waals surface area contributed by atoms with Crippen LogP contribution in [-0.2, 0) is 0 Å². The highest BCUT2D eigenvalue weighted by molar-refractivity contribution is 6.42. The van der Waals surface area contributed by atoms with Gasteiger partial charge in [0.05, 0.1) is 10.0 Å². The van der Waals surface area contributed by atoms with E-state index in [9.17, 15) is 0 Å². The summed E-state index contributed by atoms with van der Waals surface area (Å²) >= 11 is 12.5. The highest BCUT2D eigenvalue weighted by atomic mass is 35.5. The van der Waals surface area contributed by atoms with E-state index in [1.165, 1.54) is 0 Å². The van der Waals surface area contributed by atoms with Crippen LogP contribution >= 0.6 is 23.2 Å². The van der Waals surface area contributed by atoms with Crippen LogP contribution in [0.25, 0.3) is 0 Å². The Morgan fingerprint density at radius 1 is 1.21 bits per heavy atom. The van der Waals surface area contributed by atoms with Gasteiger partial charge in [-0.3, -0.25) is 0 Å². The summed E-state index contributed by atoms with van der Waals surface area (Å²) in [6, 6.07) is 6.13. The van der Waals surface area contributed by atoms with Crippen LogP contribution in [0.5, 0.6) is 0 Å². The predicted octanol–water partition coefficient (Wildman–Crippen LogP) is 5.72. The quantitative estimate of drug-likeness (QED) is 0.734. The number of halogens is 2. The maximum Gasteiger partial charge on any atom is 0.0640 e. The van der Waals surface area contributed by atoms with Crippen molar-refractivity contribution >= 4 is 23.2 Å². The second-order valence-corrected chi connectivity index (χ2v) is 7.04. The van der Waals surface area contributed by atoms with Crippen molar-refractivity contribution in [2.75, 3.05) is 6.54 Å². The molecule has 1 N–H and O–H groups in total. The molecule has 1 rings (SSSR count). The summed E-state index contributed by atoms with van der Waals surface area (Å²) in [5.41, 5.74) is 1.39. The minimum atomic E-state index is 0.255. The van der Waals surface area contributed by atoms with Gasteiger partial charge >= 0.3 is 0 Å². The molecule has 0 spiro atoms. The normalized spacial score (nSPS) is 15.3. The van der Waals surface area contributed by atoms with Gasteiger partial charge in [-0.2, -0.15) is 0 Å². The van der Waals surface area contributed by atoms with Crippen molar-refractivity contribution in [1.29, 1.82) is 0 Å². The smallest absolute Gasteiger partial charge is 0.0640 e. The minimum Gasteiger partial charge on any atom is -0.310 e. The molecular formula is C16H25Cl2N. The van der Waals surface area contributed by atoms with E-state index >= 15 is 0 Å². The van der Waals surface area contributed by atoms with E-state index in [0.717, 1.165) is 18.5 Å². The zero-order chi connectivity index (χ0) is 14.6. The first-order valence-electron chi connectivity index (χ1n) is 6.94. The first kappa shape index (κ1) is 16.8. The monoisotopic (exact) mass is 301 g/mol. The Balaban J connectivity index is 2.97. The van der Waals surface area contributed by atoms with Crippen molar-refractivity contribution in [2.45, 2.75) is 47.1 Å². The molecule has 0 aromatic heterocycles. The molecule has 0 radical (unpaired) electrons. The maximum atomic E-state index is 6.35. The molecule has 108 valence electrons. The lowest BCUT2D eigenvalue weighted by atomic mass is 9.77. The molecule has 0 fully saturated rings. The summed E-state index contributed by atoms with van der Waals surface area (Å²) in [5, 5.41) is 4.83. The maximum absolute atomic E-state index is 6.35. The van der Waals surface area contributed by atoms with Gasteiger partial charge in [0.2, 0.25) is 0 Å². The fraction of sp³-hybridized carbons (Fsp3) is 0.625. The Hall–Kier alpha value is -0.240. The Bertz CT molecular complexity index is 410. The van der Waals surface area contributed by atoms with E-state index in [1.54, 1.807) is 0 Å². The van der Waals surface area contributed by atoms with Gasteiger partial charge in [-0.25, -0.2) is 0 Å². The van der Waals surface area contributed by atoms with E-state index in [4.69, 9.17) is 23.2 Å². The van der Waals surface area contributed by atoms with Crippen LogP contribution in [0.4, 0.5) is 0 Å². The summed E-state index contributed by atoms with van der Waals surface area (Å²) in [7, 11) is 0. The highest BCUT2D eigenvalue weighted by Crippen LogP contribution is 2.37. The third-order valence-corrected chi connectivity index (χ3v) is 4.71. The zero-order valence-electron chi connectivity index (χ0n) is 12.6. The van der Waals surface area contributed by atoms with Crippen LogP contribution in [0.2, 0.25) is 10.0 Å². The third-order valence-electron chi connectivity index (χ3n) is 3.88. The number of hydrogen-bond donors (Lipinski definition) is 1. The molecule has 0 aliphatic carbocycles. The lowest BCUT2D eigenvalue weighted by molar-refractivity contribution is 0.224. The Morgan fingerprint density at radius 2 is 1.84 bits per heavy atom.